The molecular formula is C49H92O9. The molecule has 9 nitrogen and oxygen atoms in total. The third kappa shape index (κ3) is 31.5. The van der Waals surface area contributed by atoms with Crippen molar-refractivity contribution in [3.05, 3.63) is 24.3 Å². The van der Waals surface area contributed by atoms with Gasteiger partial charge in [0.2, 0.25) is 0 Å². The molecule has 0 aromatic carbocycles. The van der Waals surface area contributed by atoms with Gasteiger partial charge in [-0.05, 0) is 44.9 Å². The third-order valence-electron chi connectivity index (χ3n) is 11.4. The van der Waals surface area contributed by atoms with E-state index in [-0.39, 0.29) is 19.2 Å². The van der Waals surface area contributed by atoms with E-state index in [0.29, 0.717) is 13.0 Å². The van der Waals surface area contributed by atoms with Crippen molar-refractivity contribution in [2.45, 2.75) is 256 Å². The maximum atomic E-state index is 12.8. The molecule has 0 spiro atoms. The van der Waals surface area contributed by atoms with Crippen LogP contribution in [0.2, 0.25) is 0 Å². The summed E-state index contributed by atoms with van der Waals surface area (Å²) < 4.78 is 22.9. The maximum absolute atomic E-state index is 12.8. The summed E-state index contributed by atoms with van der Waals surface area (Å²) in [6.07, 6.45) is 40.6. The van der Waals surface area contributed by atoms with Gasteiger partial charge in [0.15, 0.2) is 6.29 Å². The predicted molar refractivity (Wildman–Crippen MR) is 238 cm³/mol. The molecule has 1 heterocycles. The number of hydrogen-bond donors (Lipinski definition) is 4. The molecule has 9 heteroatoms. The number of ether oxygens (including phenoxy) is 4. The quantitative estimate of drug-likeness (QED) is 0.0269. The molecule has 1 aliphatic heterocycles. The number of esters is 1. The Hall–Kier alpha value is -1.33. The van der Waals surface area contributed by atoms with Gasteiger partial charge < -0.3 is 39.4 Å². The fourth-order valence-corrected chi connectivity index (χ4v) is 7.52. The van der Waals surface area contributed by atoms with Gasteiger partial charge in [0.05, 0.1) is 19.8 Å². The number of aliphatic hydroxyl groups excluding tert-OH is 4. The number of hydrogen-bond acceptors (Lipinski definition) is 9. The van der Waals surface area contributed by atoms with Crippen LogP contribution >= 0.6 is 0 Å². The van der Waals surface area contributed by atoms with E-state index < -0.39 is 43.4 Å². The lowest BCUT2D eigenvalue weighted by molar-refractivity contribution is -0.305. The molecule has 1 saturated heterocycles. The zero-order chi connectivity index (χ0) is 42.2. The van der Waals surface area contributed by atoms with Crippen molar-refractivity contribution in [2.24, 2.45) is 0 Å². The summed E-state index contributed by atoms with van der Waals surface area (Å²) in [5, 5.41) is 40.2. The smallest absolute Gasteiger partial charge is 0.306 e. The minimum Gasteiger partial charge on any atom is -0.457 e. The Balaban J connectivity index is 2.22. The highest BCUT2D eigenvalue weighted by Crippen LogP contribution is 2.23. The van der Waals surface area contributed by atoms with E-state index in [9.17, 15) is 25.2 Å². The standard InChI is InChI=1S/C49H92O9/c1-3-5-7-9-11-13-15-17-19-21-22-23-25-27-29-31-33-35-37-39-55-41-43(42-56-49-48(54)47(53)46(52)44(40-50)58-49)57-45(51)38-36-34-32-30-28-26-24-20-18-16-14-12-10-8-6-4-2/h13,15,19,21,43-44,46-50,52-54H,3-12,14,16-18,20,22-42H2,1-2H3/b15-13-,21-19-. The Morgan fingerprint density at radius 1 is 0.552 bits per heavy atom. The van der Waals surface area contributed by atoms with E-state index in [2.05, 4.69) is 38.2 Å². The van der Waals surface area contributed by atoms with Crippen LogP contribution in [0, 0.1) is 0 Å². The molecule has 0 saturated carbocycles. The van der Waals surface area contributed by atoms with Gasteiger partial charge >= 0.3 is 5.97 Å². The Bertz CT molecular complexity index is 941. The maximum Gasteiger partial charge on any atom is 0.306 e. The summed E-state index contributed by atoms with van der Waals surface area (Å²) >= 11 is 0. The van der Waals surface area contributed by atoms with Crippen molar-refractivity contribution in [3.8, 4) is 0 Å². The monoisotopic (exact) mass is 825 g/mol. The second-order valence-electron chi connectivity index (χ2n) is 16.9. The first-order valence-corrected chi connectivity index (χ1v) is 24.4. The zero-order valence-corrected chi connectivity index (χ0v) is 37.6. The van der Waals surface area contributed by atoms with Gasteiger partial charge in [-0.3, -0.25) is 4.79 Å². The number of unbranched alkanes of at least 4 members (excludes halogenated alkanes) is 27. The van der Waals surface area contributed by atoms with Gasteiger partial charge in [-0.2, -0.15) is 0 Å². The summed E-state index contributed by atoms with van der Waals surface area (Å²) in [6, 6.07) is 0. The van der Waals surface area contributed by atoms with Gasteiger partial charge in [-0.15, -0.1) is 0 Å². The van der Waals surface area contributed by atoms with Crippen molar-refractivity contribution in [2.75, 3.05) is 26.4 Å². The first-order chi connectivity index (χ1) is 28.4. The summed E-state index contributed by atoms with van der Waals surface area (Å²) in [5.74, 6) is -0.312. The Morgan fingerprint density at radius 3 is 1.50 bits per heavy atom. The molecule has 6 unspecified atom stereocenters. The van der Waals surface area contributed by atoms with Crippen molar-refractivity contribution < 1.29 is 44.2 Å². The van der Waals surface area contributed by atoms with Crippen molar-refractivity contribution in [1.82, 2.24) is 0 Å². The average Bonchev–Trinajstić information content (AvgIpc) is 3.22. The summed E-state index contributed by atoms with van der Waals surface area (Å²) in [6.45, 7) is 4.56. The number of rotatable bonds is 42. The van der Waals surface area contributed by atoms with Crippen LogP contribution in [0.4, 0.5) is 0 Å². The molecule has 1 aliphatic rings. The second-order valence-corrected chi connectivity index (χ2v) is 16.9. The van der Waals surface area contributed by atoms with Crippen molar-refractivity contribution in [1.29, 1.82) is 0 Å². The fourth-order valence-electron chi connectivity index (χ4n) is 7.52. The molecule has 4 N–H and O–H groups in total. The SMILES string of the molecule is CCCCCC/C=C\C/C=C\CCCCCCCCCCOCC(COC1OC(CO)C(O)C(O)C1O)OC(=O)CCCCCCCCCCCCCCCCCC. The van der Waals surface area contributed by atoms with Crippen LogP contribution in [0.3, 0.4) is 0 Å². The van der Waals surface area contributed by atoms with Gasteiger partial charge in [0.1, 0.15) is 30.5 Å². The van der Waals surface area contributed by atoms with E-state index in [1.807, 2.05) is 0 Å². The first-order valence-electron chi connectivity index (χ1n) is 24.4. The Labute approximate surface area is 356 Å². The average molecular weight is 825 g/mol. The molecule has 6 atom stereocenters. The van der Waals surface area contributed by atoms with E-state index in [1.54, 1.807) is 0 Å². The van der Waals surface area contributed by atoms with E-state index in [4.69, 9.17) is 18.9 Å². The molecule has 58 heavy (non-hydrogen) atoms. The van der Waals surface area contributed by atoms with Crippen LogP contribution in [0.15, 0.2) is 24.3 Å². The first kappa shape index (κ1) is 54.7. The highest BCUT2D eigenvalue weighted by molar-refractivity contribution is 5.69. The van der Waals surface area contributed by atoms with Gasteiger partial charge in [-0.1, -0.05) is 192 Å². The molecule has 0 aliphatic carbocycles. The number of carbonyl (C=O) groups excluding carboxylic acids is 1. The van der Waals surface area contributed by atoms with Crippen LogP contribution < -0.4 is 0 Å². The molecule has 0 aromatic heterocycles. The lowest BCUT2D eigenvalue weighted by atomic mass is 9.99. The molecule has 0 aromatic rings. The minimum atomic E-state index is -1.53. The van der Waals surface area contributed by atoms with Gasteiger partial charge in [0, 0.05) is 13.0 Å². The summed E-state index contributed by atoms with van der Waals surface area (Å²) in [4.78, 5) is 12.8. The zero-order valence-electron chi connectivity index (χ0n) is 37.6. The van der Waals surface area contributed by atoms with Gasteiger partial charge in [0.25, 0.3) is 0 Å². The van der Waals surface area contributed by atoms with E-state index in [0.717, 1.165) is 38.5 Å². The Morgan fingerprint density at radius 2 is 1.00 bits per heavy atom. The number of aliphatic hydroxyl groups is 4. The molecule has 1 rings (SSSR count). The highest BCUT2D eigenvalue weighted by Gasteiger charge is 2.44. The fraction of sp³-hybridized carbons (Fsp3) is 0.898. The third-order valence-corrected chi connectivity index (χ3v) is 11.4. The lowest BCUT2D eigenvalue weighted by Crippen LogP contribution is -2.59. The van der Waals surface area contributed by atoms with Crippen LogP contribution in [0.5, 0.6) is 0 Å². The summed E-state index contributed by atoms with van der Waals surface area (Å²) in [7, 11) is 0. The molecule has 1 fully saturated rings. The number of carbonyl (C=O) groups is 1. The highest BCUT2D eigenvalue weighted by atomic mass is 16.7. The topological polar surface area (TPSA) is 135 Å². The number of allylic oxidation sites excluding steroid dienone is 4. The second kappa shape index (κ2) is 41.0. The molecular weight excluding hydrogens is 733 g/mol. The molecule has 342 valence electrons. The van der Waals surface area contributed by atoms with E-state index >= 15 is 0 Å². The molecule has 0 amide bonds. The van der Waals surface area contributed by atoms with Crippen molar-refractivity contribution in [3.63, 3.8) is 0 Å². The van der Waals surface area contributed by atoms with Crippen LogP contribution in [0.25, 0.3) is 0 Å². The van der Waals surface area contributed by atoms with Crippen molar-refractivity contribution >= 4 is 5.97 Å². The lowest BCUT2D eigenvalue weighted by Gasteiger charge is -2.39. The largest absolute Gasteiger partial charge is 0.457 e. The molecule has 0 radical (unpaired) electrons. The van der Waals surface area contributed by atoms with Crippen LogP contribution in [-0.2, 0) is 23.7 Å². The van der Waals surface area contributed by atoms with E-state index in [1.165, 1.54) is 161 Å². The minimum absolute atomic E-state index is 0.112. The van der Waals surface area contributed by atoms with Crippen LogP contribution in [-0.4, -0.2) is 89.6 Å². The van der Waals surface area contributed by atoms with Gasteiger partial charge in [-0.25, -0.2) is 0 Å². The molecule has 0 bridgehead atoms. The predicted octanol–water partition coefficient (Wildman–Crippen LogP) is 11.4. The Kier molecular flexibility index (Phi) is 38.7. The normalized spacial score (nSPS) is 20.4. The van der Waals surface area contributed by atoms with Crippen LogP contribution in [0.1, 0.15) is 219 Å². The summed E-state index contributed by atoms with van der Waals surface area (Å²) in [5.41, 5.74) is 0.